The van der Waals surface area contributed by atoms with E-state index in [9.17, 15) is 22.7 Å². The second-order valence-electron chi connectivity index (χ2n) is 3.61. The van der Waals surface area contributed by atoms with Crippen molar-refractivity contribution in [3.8, 4) is 16.9 Å². The SMILES string of the molecule is Oc1cnc(F)c(-c2cccc(C(F)(F)F)c2)c1. The van der Waals surface area contributed by atoms with Crippen molar-refractivity contribution in [3.05, 3.63) is 48.0 Å². The third kappa shape index (κ3) is 2.42. The molecular formula is C12H7F4NO. The zero-order chi connectivity index (χ0) is 13.3. The Morgan fingerprint density at radius 1 is 1.11 bits per heavy atom. The summed E-state index contributed by atoms with van der Waals surface area (Å²) in [5.74, 6) is -1.25. The van der Waals surface area contributed by atoms with Crippen molar-refractivity contribution >= 4 is 0 Å². The molecule has 1 N–H and O–H groups in total. The maximum atomic E-state index is 13.4. The molecule has 1 aromatic heterocycles. The number of aromatic hydroxyl groups is 1. The van der Waals surface area contributed by atoms with E-state index in [0.717, 1.165) is 24.4 Å². The highest BCUT2D eigenvalue weighted by Crippen LogP contribution is 2.33. The molecule has 0 spiro atoms. The molecule has 0 radical (unpaired) electrons. The van der Waals surface area contributed by atoms with E-state index in [4.69, 9.17) is 0 Å². The van der Waals surface area contributed by atoms with Crippen LogP contribution in [-0.4, -0.2) is 10.1 Å². The molecule has 18 heavy (non-hydrogen) atoms. The first-order valence-corrected chi connectivity index (χ1v) is 4.90. The molecule has 0 saturated carbocycles. The van der Waals surface area contributed by atoms with Crippen molar-refractivity contribution in [1.82, 2.24) is 4.98 Å². The molecular weight excluding hydrogens is 250 g/mol. The van der Waals surface area contributed by atoms with Gasteiger partial charge in [0.1, 0.15) is 5.75 Å². The minimum absolute atomic E-state index is 0.00530. The van der Waals surface area contributed by atoms with Crippen LogP contribution in [0.25, 0.3) is 11.1 Å². The van der Waals surface area contributed by atoms with Gasteiger partial charge in [-0.3, -0.25) is 0 Å². The number of hydrogen-bond donors (Lipinski definition) is 1. The Morgan fingerprint density at radius 2 is 1.83 bits per heavy atom. The maximum Gasteiger partial charge on any atom is 0.416 e. The molecule has 0 aliphatic heterocycles. The van der Waals surface area contributed by atoms with Crippen molar-refractivity contribution in [2.45, 2.75) is 6.18 Å². The van der Waals surface area contributed by atoms with E-state index in [-0.39, 0.29) is 16.9 Å². The van der Waals surface area contributed by atoms with E-state index in [1.807, 2.05) is 0 Å². The van der Waals surface area contributed by atoms with Gasteiger partial charge in [0.05, 0.1) is 11.8 Å². The zero-order valence-corrected chi connectivity index (χ0v) is 8.87. The summed E-state index contributed by atoms with van der Waals surface area (Å²) in [6.45, 7) is 0. The van der Waals surface area contributed by atoms with E-state index in [1.165, 1.54) is 12.1 Å². The Hall–Kier alpha value is -2.11. The monoisotopic (exact) mass is 257 g/mol. The lowest BCUT2D eigenvalue weighted by atomic mass is 10.0. The van der Waals surface area contributed by atoms with Gasteiger partial charge in [0.25, 0.3) is 0 Å². The molecule has 1 heterocycles. The summed E-state index contributed by atoms with van der Waals surface area (Å²) in [6, 6.07) is 5.20. The van der Waals surface area contributed by atoms with E-state index in [1.54, 1.807) is 0 Å². The predicted molar refractivity (Wildman–Crippen MR) is 56.3 cm³/mol. The number of pyridine rings is 1. The predicted octanol–water partition coefficient (Wildman–Crippen LogP) is 3.61. The van der Waals surface area contributed by atoms with Gasteiger partial charge in [-0.2, -0.15) is 17.6 Å². The highest BCUT2D eigenvalue weighted by molar-refractivity contribution is 5.65. The fourth-order valence-electron chi connectivity index (χ4n) is 1.50. The Balaban J connectivity index is 2.55. The Kier molecular flexibility index (Phi) is 2.94. The third-order valence-electron chi connectivity index (χ3n) is 2.33. The van der Waals surface area contributed by atoms with Crippen molar-refractivity contribution in [1.29, 1.82) is 0 Å². The third-order valence-corrected chi connectivity index (χ3v) is 2.33. The Labute approximate surface area is 99.5 Å². The number of hydrogen-bond acceptors (Lipinski definition) is 2. The number of nitrogens with zero attached hydrogens (tertiary/aromatic N) is 1. The molecule has 6 heteroatoms. The van der Waals surface area contributed by atoms with Gasteiger partial charge in [-0.1, -0.05) is 12.1 Å². The van der Waals surface area contributed by atoms with Crippen LogP contribution in [0.5, 0.6) is 5.75 Å². The van der Waals surface area contributed by atoms with Crippen LogP contribution in [0.4, 0.5) is 17.6 Å². The summed E-state index contributed by atoms with van der Waals surface area (Å²) in [4.78, 5) is 3.25. The second-order valence-corrected chi connectivity index (χ2v) is 3.61. The smallest absolute Gasteiger partial charge is 0.416 e. The number of benzene rings is 1. The van der Waals surface area contributed by atoms with Gasteiger partial charge < -0.3 is 5.11 Å². The van der Waals surface area contributed by atoms with Crippen molar-refractivity contribution in [2.24, 2.45) is 0 Å². The zero-order valence-electron chi connectivity index (χ0n) is 8.87. The first-order chi connectivity index (χ1) is 8.38. The molecule has 0 fully saturated rings. The lowest BCUT2D eigenvalue weighted by molar-refractivity contribution is -0.137. The topological polar surface area (TPSA) is 33.1 Å². The highest BCUT2D eigenvalue weighted by atomic mass is 19.4. The van der Waals surface area contributed by atoms with Crippen LogP contribution in [0, 0.1) is 5.95 Å². The lowest BCUT2D eigenvalue weighted by Crippen LogP contribution is -2.04. The molecule has 94 valence electrons. The lowest BCUT2D eigenvalue weighted by Gasteiger charge is -2.09. The Morgan fingerprint density at radius 3 is 2.50 bits per heavy atom. The van der Waals surface area contributed by atoms with Gasteiger partial charge in [0.2, 0.25) is 5.95 Å². The van der Waals surface area contributed by atoms with Crippen LogP contribution in [0.3, 0.4) is 0 Å². The van der Waals surface area contributed by atoms with Gasteiger partial charge in [-0.05, 0) is 23.8 Å². The highest BCUT2D eigenvalue weighted by Gasteiger charge is 2.30. The molecule has 2 aromatic rings. The van der Waals surface area contributed by atoms with Gasteiger partial charge in [0.15, 0.2) is 0 Å². The molecule has 0 aliphatic rings. The van der Waals surface area contributed by atoms with Crippen LogP contribution in [0.15, 0.2) is 36.5 Å². The molecule has 2 nitrogen and oxygen atoms in total. The molecule has 1 aromatic carbocycles. The average molecular weight is 257 g/mol. The fraction of sp³-hybridized carbons (Fsp3) is 0.0833. The normalized spacial score (nSPS) is 11.6. The van der Waals surface area contributed by atoms with E-state index in [2.05, 4.69) is 4.98 Å². The molecule has 0 aliphatic carbocycles. The summed E-state index contributed by atoms with van der Waals surface area (Å²) in [6.07, 6.45) is -3.62. The van der Waals surface area contributed by atoms with Gasteiger partial charge >= 0.3 is 6.18 Å². The van der Waals surface area contributed by atoms with Crippen molar-refractivity contribution in [3.63, 3.8) is 0 Å². The van der Waals surface area contributed by atoms with Crippen LogP contribution < -0.4 is 0 Å². The first-order valence-electron chi connectivity index (χ1n) is 4.90. The van der Waals surface area contributed by atoms with Gasteiger partial charge in [-0.25, -0.2) is 4.98 Å². The summed E-state index contributed by atoms with van der Waals surface area (Å²) in [5, 5.41) is 9.18. The second kappa shape index (κ2) is 4.29. The van der Waals surface area contributed by atoms with E-state index >= 15 is 0 Å². The number of aromatic nitrogens is 1. The summed E-state index contributed by atoms with van der Waals surface area (Å²) < 4.78 is 50.9. The molecule has 0 bridgehead atoms. The molecule has 0 unspecified atom stereocenters. The number of rotatable bonds is 1. The van der Waals surface area contributed by atoms with Crippen LogP contribution in [0.1, 0.15) is 5.56 Å². The number of alkyl halides is 3. The van der Waals surface area contributed by atoms with E-state index < -0.39 is 17.7 Å². The quantitative estimate of drug-likeness (QED) is 0.625. The summed E-state index contributed by atoms with van der Waals surface area (Å²) in [5.41, 5.74) is -1.06. The van der Waals surface area contributed by atoms with Crippen molar-refractivity contribution < 1.29 is 22.7 Å². The molecule has 0 amide bonds. The fourth-order valence-corrected chi connectivity index (χ4v) is 1.50. The minimum atomic E-state index is -4.50. The standard InChI is InChI=1S/C12H7F4NO/c13-11-10(5-9(18)6-17-11)7-2-1-3-8(4-7)12(14,15)16/h1-6,18H. The minimum Gasteiger partial charge on any atom is -0.506 e. The van der Waals surface area contributed by atoms with Gasteiger partial charge in [0, 0.05) is 5.56 Å². The van der Waals surface area contributed by atoms with Crippen LogP contribution >= 0.6 is 0 Å². The molecule has 0 atom stereocenters. The van der Waals surface area contributed by atoms with Crippen LogP contribution in [0.2, 0.25) is 0 Å². The largest absolute Gasteiger partial charge is 0.506 e. The molecule has 0 saturated heterocycles. The summed E-state index contributed by atoms with van der Waals surface area (Å²) in [7, 11) is 0. The molecule has 2 rings (SSSR count). The first kappa shape index (κ1) is 12.3. The van der Waals surface area contributed by atoms with Crippen molar-refractivity contribution in [2.75, 3.05) is 0 Å². The Bertz CT molecular complexity index is 581. The number of halogens is 4. The van der Waals surface area contributed by atoms with Crippen LogP contribution in [-0.2, 0) is 6.18 Å². The summed E-state index contributed by atoms with van der Waals surface area (Å²) >= 11 is 0. The van der Waals surface area contributed by atoms with E-state index in [0.29, 0.717) is 0 Å². The maximum absolute atomic E-state index is 13.4. The van der Waals surface area contributed by atoms with Gasteiger partial charge in [-0.15, -0.1) is 0 Å². The average Bonchev–Trinajstić information content (AvgIpc) is 2.31.